The number of likely N-dealkylation sites (N-methyl/N-ethyl adjacent to an activating group) is 1. The summed E-state index contributed by atoms with van der Waals surface area (Å²) in [7, 11) is -6.10. The van der Waals surface area contributed by atoms with E-state index >= 15 is 0 Å². The highest BCUT2D eigenvalue weighted by atomic mass is 32.2. The zero-order valence-corrected chi connectivity index (χ0v) is 20.6. The van der Waals surface area contributed by atoms with E-state index in [1.807, 2.05) is 0 Å². The Morgan fingerprint density at radius 2 is 1.91 bits per heavy atom. The molecule has 0 saturated carbocycles. The lowest BCUT2D eigenvalue weighted by molar-refractivity contribution is 0.0906. The largest absolute Gasteiger partial charge is 0.487 e. The van der Waals surface area contributed by atoms with Crippen molar-refractivity contribution in [1.29, 1.82) is 0 Å². The van der Waals surface area contributed by atoms with Crippen molar-refractivity contribution in [3.8, 4) is 16.9 Å². The molecule has 2 aromatic rings. The second-order valence-electron chi connectivity index (χ2n) is 8.46. The van der Waals surface area contributed by atoms with Gasteiger partial charge in [-0.15, -0.1) is 0 Å². The van der Waals surface area contributed by atoms with E-state index in [1.54, 1.807) is 32.0 Å². The molecule has 0 unspecified atom stereocenters. The van der Waals surface area contributed by atoms with Gasteiger partial charge in [0.2, 0.25) is 20.0 Å². The lowest BCUT2D eigenvalue weighted by Crippen LogP contribution is -2.50. The van der Waals surface area contributed by atoms with Crippen LogP contribution in [-0.4, -0.2) is 75.7 Å². The molecule has 1 aliphatic rings. The third-order valence-corrected chi connectivity index (χ3v) is 9.13. The van der Waals surface area contributed by atoms with Crippen LogP contribution < -0.4 is 4.74 Å². The highest BCUT2D eigenvalue weighted by Crippen LogP contribution is 2.36. The van der Waals surface area contributed by atoms with Crippen LogP contribution in [-0.2, 0) is 20.0 Å². The molecule has 0 bridgehead atoms. The summed E-state index contributed by atoms with van der Waals surface area (Å²) in [4.78, 5) is -0.0955. The van der Waals surface area contributed by atoms with Crippen LogP contribution in [0.3, 0.4) is 0 Å². The molecule has 0 fully saturated rings. The van der Waals surface area contributed by atoms with Gasteiger partial charge >= 0.3 is 0 Å². The standard InChI is InChI=1S/C22H29FN2O6S2/c1-15-12-25(16(2)14-26)33(29,30)22-9-8-18(17-6-5-7-19(23)10-17)11-20(22)31-21(15)13-24(3)32(4,27)28/h5-11,15-16,21,26H,12-14H2,1-4H3/t15-,16+,21-/m1/s1. The van der Waals surface area contributed by atoms with E-state index in [9.17, 15) is 26.3 Å². The molecule has 1 heterocycles. The van der Waals surface area contributed by atoms with Gasteiger partial charge in [-0.3, -0.25) is 0 Å². The van der Waals surface area contributed by atoms with Gasteiger partial charge in [-0.05, 0) is 42.3 Å². The first kappa shape index (κ1) is 25.6. The van der Waals surface area contributed by atoms with E-state index in [2.05, 4.69) is 0 Å². The monoisotopic (exact) mass is 500 g/mol. The number of sulfonamides is 2. The van der Waals surface area contributed by atoms with Crippen LogP contribution in [0.1, 0.15) is 13.8 Å². The molecule has 8 nitrogen and oxygen atoms in total. The topological polar surface area (TPSA) is 104 Å². The maximum Gasteiger partial charge on any atom is 0.247 e. The minimum Gasteiger partial charge on any atom is -0.487 e. The molecule has 11 heteroatoms. The highest BCUT2D eigenvalue weighted by Gasteiger charge is 2.38. The Bertz CT molecular complexity index is 1220. The molecule has 0 aliphatic carbocycles. The van der Waals surface area contributed by atoms with Crippen LogP contribution in [0.25, 0.3) is 11.1 Å². The van der Waals surface area contributed by atoms with Gasteiger partial charge in [-0.2, -0.15) is 4.31 Å². The van der Waals surface area contributed by atoms with Gasteiger partial charge < -0.3 is 9.84 Å². The number of nitrogens with zero attached hydrogens (tertiary/aromatic N) is 2. The molecular weight excluding hydrogens is 471 g/mol. The lowest BCUT2D eigenvalue weighted by atomic mass is 10.0. The Morgan fingerprint density at radius 1 is 1.24 bits per heavy atom. The molecular formula is C22H29FN2O6S2. The summed E-state index contributed by atoms with van der Waals surface area (Å²) in [6.07, 6.45) is 0.413. The van der Waals surface area contributed by atoms with Gasteiger partial charge in [0.25, 0.3) is 0 Å². The van der Waals surface area contributed by atoms with E-state index in [0.29, 0.717) is 11.1 Å². The summed E-state index contributed by atoms with van der Waals surface area (Å²) in [5.74, 6) is -0.786. The zero-order chi connectivity index (χ0) is 24.6. The molecule has 0 radical (unpaired) electrons. The number of halogens is 1. The average molecular weight is 501 g/mol. The summed E-state index contributed by atoms with van der Waals surface area (Å²) in [6, 6.07) is 9.68. The Balaban J connectivity index is 2.15. The molecule has 182 valence electrons. The second kappa shape index (κ2) is 9.67. The van der Waals surface area contributed by atoms with E-state index in [0.717, 1.165) is 10.6 Å². The zero-order valence-electron chi connectivity index (χ0n) is 19.0. The van der Waals surface area contributed by atoms with Gasteiger partial charge in [-0.25, -0.2) is 25.5 Å². The Kier molecular flexibility index (Phi) is 7.49. The van der Waals surface area contributed by atoms with E-state index in [4.69, 9.17) is 4.74 Å². The minimum atomic E-state index is -4.03. The molecule has 1 N–H and O–H groups in total. The van der Waals surface area contributed by atoms with Crippen molar-refractivity contribution in [3.63, 3.8) is 0 Å². The second-order valence-corrected chi connectivity index (χ2v) is 12.4. The molecule has 3 rings (SSSR count). The molecule has 33 heavy (non-hydrogen) atoms. The van der Waals surface area contributed by atoms with Crippen molar-refractivity contribution >= 4 is 20.0 Å². The molecule has 0 amide bonds. The van der Waals surface area contributed by atoms with Crippen LogP contribution in [0.4, 0.5) is 4.39 Å². The Morgan fingerprint density at radius 3 is 2.52 bits per heavy atom. The van der Waals surface area contributed by atoms with Crippen LogP contribution in [0.15, 0.2) is 47.4 Å². The maximum absolute atomic E-state index is 13.8. The fourth-order valence-electron chi connectivity index (χ4n) is 3.68. The lowest BCUT2D eigenvalue weighted by Gasteiger charge is -2.37. The number of hydrogen-bond acceptors (Lipinski definition) is 6. The number of benzene rings is 2. The highest BCUT2D eigenvalue weighted by molar-refractivity contribution is 7.89. The van der Waals surface area contributed by atoms with Crippen molar-refractivity contribution in [3.05, 3.63) is 48.3 Å². The van der Waals surface area contributed by atoms with Crippen molar-refractivity contribution in [2.75, 3.05) is 33.0 Å². The Labute approximate surface area is 194 Å². The van der Waals surface area contributed by atoms with E-state index in [1.165, 1.54) is 35.6 Å². The molecule has 0 spiro atoms. The average Bonchev–Trinajstić information content (AvgIpc) is 2.74. The third kappa shape index (κ3) is 5.55. The number of ether oxygens (including phenoxy) is 1. The van der Waals surface area contributed by atoms with Crippen molar-refractivity contribution in [1.82, 2.24) is 8.61 Å². The van der Waals surface area contributed by atoms with E-state index in [-0.39, 0.29) is 30.3 Å². The minimum absolute atomic E-state index is 0.00499. The first-order valence-corrected chi connectivity index (χ1v) is 13.7. The maximum atomic E-state index is 13.8. The third-order valence-electron chi connectivity index (χ3n) is 5.83. The number of hydrogen-bond donors (Lipinski definition) is 1. The molecule has 0 aromatic heterocycles. The molecule has 1 aliphatic heterocycles. The first-order valence-electron chi connectivity index (χ1n) is 10.4. The van der Waals surface area contributed by atoms with Crippen LogP contribution in [0.5, 0.6) is 5.75 Å². The van der Waals surface area contributed by atoms with Crippen molar-refractivity contribution < 1.29 is 31.1 Å². The number of aliphatic hydroxyl groups excluding tert-OH is 1. The fraction of sp³-hybridized carbons (Fsp3) is 0.455. The summed E-state index contributed by atoms with van der Waals surface area (Å²) >= 11 is 0. The van der Waals surface area contributed by atoms with Crippen LogP contribution in [0, 0.1) is 11.7 Å². The van der Waals surface area contributed by atoms with Gasteiger partial charge in [-0.1, -0.05) is 25.1 Å². The smallest absolute Gasteiger partial charge is 0.247 e. The summed E-state index contributed by atoms with van der Waals surface area (Å²) in [5.41, 5.74) is 1.09. The summed E-state index contributed by atoms with van der Waals surface area (Å²) in [5, 5.41) is 9.69. The summed E-state index contributed by atoms with van der Waals surface area (Å²) < 4.78 is 73.2. The predicted molar refractivity (Wildman–Crippen MR) is 123 cm³/mol. The van der Waals surface area contributed by atoms with Crippen molar-refractivity contribution in [2.24, 2.45) is 5.92 Å². The molecule has 2 aromatic carbocycles. The number of aliphatic hydroxyl groups is 1. The SMILES string of the molecule is C[C@@H]1CN([C@@H](C)CO)S(=O)(=O)c2ccc(-c3cccc(F)c3)cc2O[C@@H]1CN(C)S(C)(=O)=O. The van der Waals surface area contributed by atoms with Gasteiger partial charge in [0.15, 0.2) is 0 Å². The normalized spacial score (nSPS) is 22.2. The Hall–Kier alpha value is -2.05. The first-order chi connectivity index (χ1) is 15.3. The van der Waals surface area contributed by atoms with Gasteiger partial charge in [0.05, 0.1) is 19.4 Å². The summed E-state index contributed by atoms with van der Waals surface area (Å²) in [6.45, 7) is 3.04. The van der Waals surface area contributed by atoms with E-state index < -0.39 is 43.9 Å². The predicted octanol–water partition coefficient (Wildman–Crippen LogP) is 2.15. The van der Waals surface area contributed by atoms with Crippen molar-refractivity contribution in [2.45, 2.75) is 30.9 Å². The fourth-order valence-corrected chi connectivity index (χ4v) is 5.92. The quantitative estimate of drug-likeness (QED) is 0.652. The van der Waals surface area contributed by atoms with Gasteiger partial charge in [0.1, 0.15) is 22.6 Å². The van der Waals surface area contributed by atoms with Crippen LogP contribution >= 0.6 is 0 Å². The number of rotatable bonds is 6. The number of fused-ring (bicyclic) bond motifs is 1. The van der Waals surface area contributed by atoms with Gasteiger partial charge in [0, 0.05) is 25.6 Å². The molecule has 0 saturated heterocycles. The molecule has 3 atom stereocenters. The van der Waals surface area contributed by atoms with Crippen LogP contribution in [0.2, 0.25) is 0 Å².